The Balaban J connectivity index is 1.54. The summed E-state index contributed by atoms with van der Waals surface area (Å²) >= 11 is 0. The molecule has 18 heavy (non-hydrogen) atoms. The minimum Gasteiger partial charge on any atom is -0.385 e. The Labute approximate surface area is 111 Å². The van der Waals surface area contributed by atoms with E-state index in [2.05, 4.69) is 10.2 Å². The van der Waals surface area contributed by atoms with Crippen LogP contribution in [0, 0.1) is 5.92 Å². The first-order chi connectivity index (χ1) is 8.90. The van der Waals surface area contributed by atoms with Crippen molar-refractivity contribution in [3.05, 3.63) is 0 Å². The Hall–Kier alpha value is -0.160. The van der Waals surface area contributed by atoms with E-state index in [1.807, 2.05) is 0 Å². The highest BCUT2D eigenvalue weighted by Gasteiger charge is 2.30. The van der Waals surface area contributed by atoms with Gasteiger partial charge in [0.25, 0.3) is 0 Å². The summed E-state index contributed by atoms with van der Waals surface area (Å²) in [5.74, 6) is 0.876. The van der Waals surface area contributed by atoms with Crippen LogP contribution in [-0.4, -0.2) is 64.1 Å². The van der Waals surface area contributed by atoms with Gasteiger partial charge in [-0.25, -0.2) is 0 Å². The molecule has 0 amide bonds. The molecule has 2 rings (SSSR count). The monoisotopic (exact) mass is 256 g/mol. The number of methoxy groups -OCH3 is 1. The van der Waals surface area contributed by atoms with E-state index in [0.29, 0.717) is 0 Å². The maximum atomic E-state index is 5.64. The first-order valence-electron chi connectivity index (χ1n) is 7.42. The van der Waals surface area contributed by atoms with E-state index in [9.17, 15) is 0 Å². The summed E-state index contributed by atoms with van der Waals surface area (Å²) in [6.07, 6.45) is 5.07. The van der Waals surface area contributed by atoms with Gasteiger partial charge in [-0.3, -0.25) is 0 Å². The number of nitrogens with zero attached hydrogens (tertiary/aromatic N) is 1. The molecule has 4 heteroatoms. The molecule has 2 heterocycles. The first kappa shape index (κ1) is 14.3. The molecule has 4 nitrogen and oxygen atoms in total. The van der Waals surface area contributed by atoms with Gasteiger partial charge in [0, 0.05) is 39.5 Å². The van der Waals surface area contributed by atoms with Crippen LogP contribution < -0.4 is 5.32 Å². The van der Waals surface area contributed by atoms with Crippen LogP contribution in [0.25, 0.3) is 0 Å². The fraction of sp³-hybridized carbons (Fsp3) is 1.00. The average molecular weight is 256 g/mol. The Kier molecular flexibility index (Phi) is 6.41. The predicted octanol–water partition coefficient (Wildman–Crippen LogP) is 1.11. The maximum Gasteiger partial charge on any atom is 0.0593 e. The Morgan fingerprint density at radius 1 is 1.22 bits per heavy atom. The number of rotatable bonds is 7. The second kappa shape index (κ2) is 8.10. The minimum atomic E-state index is 0.789. The van der Waals surface area contributed by atoms with Crippen LogP contribution in [0.4, 0.5) is 0 Å². The van der Waals surface area contributed by atoms with Gasteiger partial charge in [-0.2, -0.15) is 0 Å². The van der Waals surface area contributed by atoms with Crippen LogP contribution in [-0.2, 0) is 9.47 Å². The van der Waals surface area contributed by atoms with Crippen molar-refractivity contribution < 1.29 is 9.47 Å². The lowest BCUT2D eigenvalue weighted by molar-refractivity contribution is 0.0578. The van der Waals surface area contributed by atoms with Crippen LogP contribution in [0.15, 0.2) is 0 Å². The van der Waals surface area contributed by atoms with Gasteiger partial charge in [-0.1, -0.05) is 0 Å². The summed E-state index contributed by atoms with van der Waals surface area (Å²) in [5.41, 5.74) is 0. The van der Waals surface area contributed by atoms with Gasteiger partial charge < -0.3 is 19.7 Å². The largest absolute Gasteiger partial charge is 0.385 e. The van der Waals surface area contributed by atoms with Gasteiger partial charge >= 0.3 is 0 Å². The van der Waals surface area contributed by atoms with Crippen LogP contribution in [0.5, 0.6) is 0 Å². The molecule has 0 aromatic rings. The smallest absolute Gasteiger partial charge is 0.0593 e. The van der Waals surface area contributed by atoms with E-state index in [-0.39, 0.29) is 0 Å². The summed E-state index contributed by atoms with van der Waals surface area (Å²) in [5, 5.41) is 3.66. The highest BCUT2D eigenvalue weighted by molar-refractivity contribution is 4.88. The topological polar surface area (TPSA) is 33.7 Å². The molecular formula is C14H28N2O2. The number of fused-ring (bicyclic) bond motifs is 1. The van der Waals surface area contributed by atoms with E-state index in [4.69, 9.17) is 9.47 Å². The summed E-state index contributed by atoms with van der Waals surface area (Å²) in [6, 6.07) is 0.789. The zero-order valence-electron chi connectivity index (χ0n) is 11.7. The van der Waals surface area contributed by atoms with Crippen LogP contribution >= 0.6 is 0 Å². The molecule has 2 aliphatic rings. The van der Waals surface area contributed by atoms with Crippen LogP contribution in [0.1, 0.15) is 25.7 Å². The summed E-state index contributed by atoms with van der Waals surface area (Å²) in [4.78, 5) is 2.57. The summed E-state index contributed by atoms with van der Waals surface area (Å²) in [7, 11) is 1.74. The zero-order valence-corrected chi connectivity index (χ0v) is 11.7. The third-order valence-electron chi connectivity index (χ3n) is 4.17. The molecule has 2 saturated heterocycles. The fourth-order valence-electron chi connectivity index (χ4n) is 3.12. The number of hydrogen-bond acceptors (Lipinski definition) is 4. The second-order valence-corrected chi connectivity index (χ2v) is 5.51. The average Bonchev–Trinajstić information content (AvgIpc) is 2.42. The Bertz CT molecular complexity index is 226. The maximum absolute atomic E-state index is 5.64. The third-order valence-corrected chi connectivity index (χ3v) is 4.17. The quantitative estimate of drug-likeness (QED) is 0.692. The van der Waals surface area contributed by atoms with Gasteiger partial charge in [-0.05, 0) is 44.7 Å². The SMILES string of the molecule is COCCCOCCN1CCC2NCCCC2C1. The van der Waals surface area contributed by atoms with E-state index in [1.165, 1.54) is 38.9 Å². The van der Waals surface area contributed by atoms with Gasteiger partial charge in [0.15, 0.2) is 0 Å². The molecule has 1 N–H and O–H groups in total. The molecule has 0 bridgehead atoms. The predicted molar refractivity (Wildman–Crippen MR) is 72.9 cm³/mol. The van der Waals surface area contributed by atoms with Crippen molar-refractivity contribution in [3.8, 4) is 0 Å². The lowest BCUT2D eigenvalue weighted by Crippen LogP contribution is -2.52. The highest BCUT2D eigenvalue weighted by Crippen LogP contribution is 2.24. The van der Waals surface area contributed by atoms with Crippen molar-refractivity contribution in [2.24, 2.45) is 5.92 Å². The summed E-state index contributed by atoms with van der Waals surface area (Å²) in [6.45, 7) is 7.32. The molecule has 0 aromatic carbocycles. The number of piperidine rings is 2. The number of hydrogen-bond donors (Lipinski definition) is 1. The van der Waals surface area contributed by atoms with Gasteiger partial charge in [0.2, 0.25) is 0 Å². The molecule has 0 aliphatic carbocycles. The normalized spacial score (nSPS) is 29.2. The number of likely N-dealkylation sites (tertiary alicyclic amines) is 1. The molecule has 2 atom stereocenters. The first-order valence-corrected chi connectivity index (χ1v) is 7.42. The zero-order chi connectivity index (χ0) is 12.6. The van der Waals surface area contributed by atoms with Crippen molar-refractivity contribution in [2.45, 2.75) is 31.7 Å². The Morgan fingerprint density at radius 3 is 3.06 bits per heavy atom. The molecule has 0 spiro atoms. The van der Waals surface area contributed by atoms with Crippen molar-refractivity contribution >= 4 is 0 Å². The van der Waals surface area contributed by atoms with E-state index in [0.717, 1.165) is 44.7 Å². The molecular weight excluding hydrogens is 228 g/mol. The van der Waals surface area contributed by atoms with Crippen LogP contribution in [0.3, 0.4) is 0 Å². The van der Waals surface area contributed by atoms with E-state index < -0.39 is 0 Å². The molecule has 2 fully saturated rings. The van der Waals surface area contributed by atoms with Crippen molar-refractivity contribution in [1.82, 2.24) is 10.2 Å². The lowest BCUT2D eigenvalue weighted by atomic mass is 9.85. The van der Waals surface area contributed by atoms with E-state index >= 15 is 0 Å². The Morgan fingerprint density at radius 2 is 2.17 bits per heavy atom. The molecule has 106 valence electrons. The summed E-state index contributed by atoms with van der Waals surface area (Å²) < 4.78 is 10.6. The van der Waals surface area contributed by atoms with Crippen molar-refractivity contribution in [1.29, 1.82) is 0 Å². The van der Waals surface area contributed by atoms with Gasteiger partial charge in [0.05, 0.1) is 6.61 Å². The molecule has 0 radical (unpaired) electrons. The third kappa shape index (κ3) is 4.50. The highest BCUT2D eigenvalue weighted by atomic mass is 16.5. The van der Waals surface area contributed by atoms with Crippen molar-refractivity contribution in [2.75, 3.05) is 53.1 Å². The molecule has 0 saturated carbocycles. The number of nitrogens with one attached hydrogen (secondary N) is 1. The van der Waals surface area contributed by atoms with Gasteiger partial charge in [-0.15, -0.1) is 0 Å². The van der Waals surface area contributed by atoms with Gasteiger partial charge in [0.1, 0.15) is 0 Å². The minimum absolute atomic E-state index is 0.789. The standard InChI is InChI=1S/C14H28N2O2/c1-17-9-3-10-18-11-8-16-7-5-14-13(12-16)4-2-6-15-14/h13-15H,2-12H2,1H3. The van der Waals surface area contributed by atoms with Crippen LogP contribution in [0.2, 0.25) is 0 Å². The van der Waals surface area contributed by atoms with Crippen molar-refractivity contribution in [3.63, 3.8) is 0 Å². The van der Waals surface area contributed by atoms with E-state index in [1.54, 1.807) is 7.11 Å². The fourth-order valence-corrected chi connectivity index (χ4v) is 3.12. The molecule has 2 unspecified atom stereocenters. The molecule has 0 aromatic heterocycles. The number of ether oxygens (including phenoxy) is 2. The second-order valence-electron chi connectivity index (χ2n) is 5.51. The lowest BCUT2D eigenvalue weighted by Gasteiger charge is -2.41. The molecule has 2 aliphatic heterocycles.